The zero-order valence-corrected chi connectivity index (χ0v) is 14.1. The number of nitrogens with one attached hydrogen (secondary N) is 2. The summed E-state index contributed by atoms with van der Waals surface area (Å²) in [6.45, 7) is 3.08. The second-order valence-corrected chi connectivity index (χ2v) is 6.16. The molecule has 2 heterocycles. The number of fused-ring (bicyclic) bond motifs is 1. The Labute approximate surface area is 143 Å². The predicted molar refractivity (Wildman–Crippen MR) is 93.9 cm³/mol. The van der Waals surface area contributed by atoms with E-state index >= 15 is 0 Å². The topological polar surface area (TPSA) is 76.0 Å². The fourth-order valence-corrected chi connectivity index (χ4v) is 3.11. The molecule has 3 rings (SSSR count). The smallest absolute Gasteiger partial charge is 0.261 e. The van der Waals surface area contributed by atoms with E-state index in [2.05, 4.69) is 15.7 Å². The van der Waals surface area contributed by atoms with Gasteiger partial charge >= 0.3 is 0 Å². The van der Waals surface area contributed by atoms with Crippen LogP contribution in [0.5, 0.6) is 0 Å². The maximum atomic E-state index is 11.9. The molecule has 0 aliphatic rings. The second kappa shape index (κ2) is 7.27. The van der Waals surface area contributed by atoms with E-state index in [1.807, 2.05) is 41.3 Å². The Hall–Kier alpha value is -2.67. The van der Waals surface area contributed by atoms with Gasteiger partial charge in [0.2, 0.25) is 5.91 Å². The number of thiophene rings is 1. The first kappa shape index (κ1) is 16.2. The van der Waals surface area contributed by atoms with Crippen molar-refractivity contribution in [1.82, 2.24) is 20.4 Å². The fourth-order valence-electron chi connectivity index (χ4n) is 2.47. The third kappa shape index (κ3) is 3.46. The van der Waals surface area contributed by atoms with Crippen molar-refractivity contribution >= 4 is 34.1 Å². The number of aromatic nitrogens is 2. The van der Waals surface area contributed by atoms with Gasteiger partial charge in [-0.15, -0.1) is 11.3 Å². The van der Waals surface area contributed by atoms with E-state index in [-0.39, 0.29) is 18.4 Å². The first-order valence-electron chi connectivity index (χ1n) is 7.72. The number of para-hydroxylation sites is 1. The number of carbonyl (C=O) groups excluding carboxylic acids is 2. The van der Waals surface area contributed by atoms with Crippen LogP contribution in [0.1, 0.15) is 22.3 Å². The molecule has 2 amide bonds. The van der Waals surface area contributed by atoms with Crippen molar-refractivity contribution in [3.05, 3.63) is 52.3 Å². The zero-order chi connectivity index (χ0) is 16.9. The van der Waals surface area contributed by atoms with Gasteiger partial charge in [-0.2, -0.15) is 5.10 Å². The molecule has 0 fully saturated rings. The van der Waals surface area contributed by atoms with Gasteiger partial charge in [0.05, 0.1) is 29.2 Å². The highest BCUT2D eigenvalue weighted by Crippen LogP contribution is 2.18. The van der Waals surface area contributed by atoms with Crippen LogP contribution in [0, 0.1) is 0 Å². The maximum absolute atomic E-state index is 11.9. The van der Waals surface area contributed by atoms with Crippen LogP contribution in [0.4, 0.5) is 0 Å². The molecule has 3 aromatic rings. The number of hydrogen-bond acceptors (Lipinski definition) is 4. The van der Waals surface area contributed by atoms with E-state index in [9.17, 15) is 9.59 Å². The van der Waals surface area contributed by atoms with Gasteiger partial charge in [-0.05, 0) is 24.4 Å². The molecule has 124 valence electrons. The minimum absolute atomic E-state index is 0.0524. The number of amides is 2. The number of aryl methyl sites for hydroxylation is 1. The molecule has 24 heavy (non-hydrogen) atoms. The Morgan fingerprint density at radius 1 is 1.17 bits per heavy atom. The Morgan fingerprint density at radius 2 is 2.00 bits per heavy atom. The lowest BCUT2D eigenvalue weighted by Gasteiger charge is -2.05. The molecule has 0 saturated carbocycles. The highest BCUT2D eigenvalue weighted by atomic mass is 32.1. The van der Waals surface area contributed by atoms with Crippen LogP contribution in [0.15, 0.2) is 41.8 Å². The molecule has 0 atom stereocenters. The minimum Gasteiger partial charge on any atom is -0.349 e. The summed E-state index contributed by atoms with van der Waals surface area (Å²) < 4.78 is 1.91. The van der Waals surface area contributed by atoms with Gasteiger partial charge in [0.15, 0.2) is 0 Å². The van der Waals surface area contributed by atoms with Crippen molar-refractivity contribution in [3.63, 3.8) is 0 Å². The molecule has 0 radical (unpaired) electrons. The Bertz CT molecular complexity index is 855. The summed E-state index contributed by atoms with van der Waals surface area (Å²) in [4.78, 5) is 24.3. The quantitative estimate of drug-likeness (QED) is 0.721. The van der Waals surface area contributed by atoms with E-state index < -0.39 is 0 Å². The lowest BCUT2D eigenvalue weighted by Crippen LogP contribution is -2.36. The lowest BCUT2D eigenvalue weighted by atomic mass is 10.2. The monoisotopic (exact) mass is 342 g/mol. The summed E-state index contributed by atoms with van der Waals surface area (Å²) in [5, 5.41) is 12.8. The standard InChI is InChI=1S/C17H18N4O2S/c1-2-21-14-7-4-3-6-12(14)13(20-21)10-18-16(22)11-19-17(23)15-8-5-9-24-15/h3-9H,2,10-11H2,1H3,(H,18,22)(H,19,23). The van der Waals surface area contributed by atoms with E-state index in [1.54, 1.807) is 12.1 Å². The van der Waals surface area contributed by atoms with Crippen LogP contribution >= 0.6 is 11.3 Å². The van der Waals surface area contributed by atoms with Crippen molar-refractivity contribution in [3.8, 4) is 0 Å². The number of hydrogen-bond donors (Lipinski definition) is 2. The molecule has 0 unspecified atom stereocenters. The van der Waals surface area contributed by atoms with E-state index in [0.29, 0.717) is 11.4 Å². The molecular weight excluding hydrogens is 324 g/mol. The van der Waals surface area contributed by atoms with Gasteiger partial charge in [-0.3, -0.25) is 14.3 Å². The third-order valence-corrected chi connectivity index (χ3v) is 4.51. The van der Waals surface area contributed by atoms with Crippen molar-refractivity contribution in [2.24, 2.45) is 0 Å². The second-order valence-electron chi connectivity index (χ2n) is 5.22. The van der Waals surface area contributed by atoms with Crippen LogP contribution in [-0.2, 0) is 17.9 Å². The van der Waals surface area contributed by atoms with Crippen LogP contribution in [-0.4, -0.2) is 28.1 Å². The molecule has 2 aromatic heterocycles. The number of nitrogens with zero attached hydrogens (tertiary/aromatic N) is 2. The summed E-state index contributed by atoms with van der Waals surface area (Å²) in [5.74, 6) is -0.476. The van der Waals surface area contributed by atoms with Gasteiger partial charge in [0, 0.05) is 11.9 Å². The van der Waals surface area contributed by atoms with Crippen molar-refractivity contribution < 1.29 is 9.59 Å². The van der Waals surface area contributed by atoms with Crippen LogP contribution in [0.2, 0.25) is 0 Å². The molecule has 0 aliphatic heterocycles. The average Bonchev–Trinajstić information content (AvgIpc) is 3.26. The summed E-state index contributed by atoms with van der Waals surface area (Å²) in [5.41, 5.74) is 1.88. The molecule has 1 aromatic carbocycles. The van der Waals surface area contributed by atoms with E-state index in [0.717, 1.165) is 23.1 Å². The Kier molecular flexibility index (Phi) is 4.90. The highest BCUT2D eigenvalue weighted by Gasteiger charge is 2.12. The largest absolute Gasteiger partial charge is 0.349 e. The summed E-state index contributed by atoms with van der Waals surface area (Å²) in [6.07, 6.45) is 0. The molecule has 2 N–H and O–H groups in total. The molecule has 0 bridgehead atoms. The van der Waals surface area contributed by atoms with Gasteiger partial charge < -0.3 is 10.6 Å². The molecular formula is C17H18N4O2S. The Morgan fingerprint density at radius 3 is 2.75 bits per heavy atom. The molecule has 7 heteroatoms. The normalized spacial score (nSPS) is 10.7. The average molecular weight is 342 g/mol. The van der Waals surface area contributed by atoms with Gasteiger partial charge in [-0.1, -0.05) is 24.3 Å². The zero-order valence-electron chi connectivity index (χ0n) is 13.3. The fraction of sp³-hybridized carbons (Fsp3) is 0.235. The number of rotatable bonds is 6. The number of benzene rings is 1. The van der Waals surface area contributed by atoms with Crippen molar-refractivity contribution in [2.45, 2.75) is 20.0 Å². The summed E-state index contributed by atoms with van der Waals surface area (Å²) >= 11 is 1.34. The minimum atomic E-state index is -0.241. The van der Waals surface area contributed by atoms with Crippen molar-refractivity contribution in [2.75, 3.05) is 6.54 Å². The molecule has 0 spiro atoms. The highest BCUT2D eigenvalue weighted by molar-refractivity contribution is 7.12. The van der Waals surface area contributed by atoms with Crippen LogP contribution < -0.4 is 10.6 Å². The van der Waals surface area contributed by atoms with Gasteiger partial charge in [0.1, 0.15) is 0 Å². The predicted octanol–water partition coefficient (Wildman–Crippen LogP) is 2.16. The van der Waals surface area contributed by atoms with Crippen molar-refractivity contribution in [1.29, 1.82) is 0 Å². The molecule has 0 saturated heterocycles. The third-order valence-electron chi connectivity index (χ3n) is 3.64. The summed E-state index contributed by atoms with van der Waals surface area (Å²) in [7, 11) is 0. The molecule has 0 aliphatic carbocycles. The van der Waals surface area contributed by atoms with Crippen LogP contribution in [0.25, 0.3) is 10.9 Å². The first-order chi connectivity index (χ1) is 11.7. The van der Waals surface area contributed by atoms with E-state index in [1.165, 1.54) is 11.3 Å². The first-order valence-corrected chi connectivity index (χ1v) is 8.60. The summed E-state index contributed by atoms with van der Waals surface area (Å²) in [6, 6.07) is 11.5. The van der Waals surface area contributed by atoms with Gasteiger partial charge in [0.25, 0.3) is 5.91 Å². The maximum Gasteiger partial charge on any atom is 0.261 e. The Balaban J connectivity index is 1.58. The lowest BCUT2D eigenvalue weighted by molar-refractivity contribution is -0.120. The van der Waals surface area contributed by atoms with E-state index in [4.69, 9.17) is 0 Å². The number of carbonyl (C=O) groups is 2. The van der Waals surface area contributed by atoms with Gasteiger partial charge in [-0.25, -0.2) is 0 Å². The van der Waals surface area contributed by atoms with Crippen LogP contribution in [0.3, 0.4) is 0 Å². The molecule has 6 nitrogen and oxygen atoms in total. The SMILES string of the molecule is CCn1nc(CNC(=O)CNC(=O)c2cccs2)c2ccccc21.